The molecule has 0 saturated heterocycles. The number of hydrogen-bond donors (Lipinski definition) is 2. The molecule has 0 atom stereocenters. The lowest BCUT2D eigenvalue weighted by Gasteiger charge is -2.13. The number of benzene rings is 3. The average Bonchev–Trinajstić information content (AvgIpc) is 2.70. The van der Waals surface area contributed by atoms with Crippen molar-refractivity contribution in [3.05, 3.63) is 81.5 Å². The molecule has 0 aliphatic heterocycles. The molecule has 0 saturated carbocycles. The van der Waals surface area contributed by atoms with Gasteiger partial charge < -0.3 is 10.1 Å². The number of aryl methyl sites for hydroxylation is 1. The van der Waals surface area contributed by atoms with Gasteiger partial charge in [-0.1, -0.05) is 27.5 Å². The molecule has 0 aromatic heterocycles. The Morgan fingerprint density at radius 1 is 1.10 bits per heavy atom. The van der Waals surface area contributed by atoms with Gasteiger partial charge in [0.1, 0.15) is 11.6 Å². The van der Waals surface area contributed by atoms with E-state index in [0.717, 1.165) is 0 Å². The summed E-state index contributed by atoms with van der Waals surface area (Å²) in [5.74, 6) is -0.805. The zero-order chi connectivity index (χ0) is 22.6. The number of rotatable bonds is 7. The van der Waals surface area contributed by atoms with E-state index in [-0.39, 0.29) is 17.2 Å². The summed E-state index contributed by atoms with van der Waals surface area (Å²) in [4.78, 5) is 12.1. The highest BCUT2D eigenvalue weighted by Crippen LogP contribution is 2.24. The molecular formula is C21H17BrClFN2O4S. The molecule has 0 aliphatic rings. The molecule has 0 fully saturated rings. The van der Waals surface area contributed by atoms with Crippen molar-refractivity contribution in [2.24, 2.45) is 0 Å². The summed E-state index contributed by atoms with van der Waals surface area (Å²) in [5, 5.41) is 2.91. The number of amides is 1. The van der Waals surface area contributed by atoms with E-state index in [1.165, 1.54) is 30.3 Å². The first-order valence-electron chi connectivity index (χ1n) is 8.91. The lowest BCUT2D eigenvalue weighted by Crippen LogP contribution is -2.21. The summed E-state index contributed by atoms with van der Waals surface area (Å²) >= 11 is 8.95. The van der Waals surface area contributed by atoms with Crippen LogP contribution in [0.4, 0.5) is 15.8 Å². The Morgan fingerprint density at radius 3 is 2.45 bits per heavy atom. The van der Waals surface area contributed by atoms with E-state index in [2.05, 4.69) is 26.0 Å². The number of hydrogen-bond acceptors (Lipinski definition) is 4. The molecule has 10 heteroatoms. The predicted octanol–water partition coefficient (Wildman–Crippen LogP) is 5.37. The highest BCUT2D eigenvalue weighted by Gasteiger charge is 2.16. The van der Waals surface area contributed by atoms with Crippen LogP contribution in [0.25, 0.3) is 0 Å². The molecule has 3 aromatic rings. The molecular weight excluding hydrogens is 511 g/mol. The summed E-state index contributed by atoms with van der Waals surface area (Å²) in [6.45, 7) is 1.29. The summed E-state index contributed by atoms with van der Waals surface area (Å²) in [6, 6.07) is 14.8. The van der Waals surface area contributed by atoms with Crippen LogP contribution in [0.3, 0.4) is 0 Å². The predicted molar refractivity (Wildman–Crippen MR) is 122 cm³/mol. The molecule has 3 aromatic carbocycles. The monoisotopic (exact) mass is 526 g/mol. The van der Waals surface area contributed by atoms with E-state index in [9.17, 15) is 17.6 Å². The van der Waals surface area contributed by atoms with Crippen LogP contribution in [-0.2, 0) is 14.8 Å². The van der Waals surface area contributed by atoms with Crippen LogP contribution in [-0.4, -0.2) is 20.9 Å². The molecule has 31 heavy (non-hydrogen) atoms. The van der Waals surface area contributed by atoms with Crippen LogP contribution in [0.15, 0.2) is 70.0 Å². The molecule has 0 radical (unpaired) electrons. The number of ether oxygens (including phenoxy) is 1. The molecule has 0 spiro atoms. The van der Waals surface area contributed by atoms with Crippen molar-refractivity contribution in [2.75, 3.05) is 16.6 Å². The van der Waals surface area contributed by atoms with Gasteiger partial charge in [0, 0.05) is 15.2 Å². The van der Waals surface area contributed by atoms with Gasteiger partial charge in [0.2, 0.25) is 0 Å². The van der Waals surface area contributed by atoms with E-state index in [4.69, 9.17) is 16.3 Å². The second-order valence-electron chi connectivity index (χ2n) is 6.50. The summed E-state index contributed by atoms with van der Waals surface area (Å²) in [7, 11) is -3.82. The maximum absolute atomic E-state index is 13.8. The Balaban J connectivity index is 1.64. The fraction of sp³-hybridized carbons (Fsp3) is 0.0952. The highest BCUT2D eigenvalue weighted by molar-refractivity contribution is 9.10. The van der Waals surface area contributed by atoms with Gasteiger partial charge in [-0.3, -0.25) is 9.52 Å². The number of sulfonamides is 1. The largest absolute Gasteiger partial charge is 0.483 e. The van der Waals surface area contributed by atoms with Crippen LogP contribution in [0, 0.1) is 12.7 Å². The first-order valence-corrected chi connectivity index (χ1v) is 11.6. The van der Waals surface area contributed by atoms with Crippen molar-refractivity contribution >= 4 is 54.8 Å². The molecule has 0 aliphatic carbocycles. The van der Waals surface area contributed by atoms with E-state index in [1.807, 2.05) is 0 Å². The standard InChI is InChI=1S/C21H17BrClFN2O4S/c1-13-10-17(31(28,29)26-16-5-3-15(23)4-6-16)7-9-20(13)30-12-21(27)25-19-8-2-14(22)11-18(19)24/h2-11,26H,12H2,1H3,(H,25,27). The Labute approximate surface area is 192 Å². The second kappa shape index (κ2) is 9.67. The third kappa shape index (κ3) is 6.19. The maximum Gasteiger partial charge on any atom is 0.262 e. The SMILES string of the molecule is Cc1cc(S(=O)(=O)Nc2ccc(Cl)cc2)ccc1OCC(=O)Nc1ccc(Br)cc1F. The van der Waals surface area contributed by atoms with Gasteiger partial charge in [0.25, 0.3) is 15.9 Å². The minimum absolute atomic E-state index is 0.0308. The van der Waals surface area contributed by atoms with Crippen molar-refractivity contribution in [1.82, 2.24) is 0 Å². The van der Waals surface area contributed by atoms with Crippen LogP contribution >= 0.6 is 27.5 Å². The average molecular weight is 528 g/mol. The van der Waals surface area contributed by atoms with Gasteiger partial charge in [-0.15, -0.1) is 0 Å². The fourth-order valence-corrected chi connectivity index (χ4v) is 4.21. The van der Waals surface area contributed by atoms with Gasteiger partial charge in [-0.05, 0) is 73.2 Å². The first kappa shape index (κ1) is 23.1. The van der Waals surface area contributed by atoms with Crippen molar-refractivity contribution in [3.8, 4) is 5.75 Å². The number of nitrogens with one attached hydrogen (secondary N) is 2. The minimum Gasteiger partial charge on any atom is -0.483 e. The van der Waals surface area contributed by atoms with Gasteiger partial charge in [0.15, 0.2) is 6.61 Å². The molecule has 0 unspecified atom stereocenters. The van der Waals surface area contributed by atoms with Gasteiger partial charge in [-0.2, -0.15) is 0 Å². The van der Waals surface area contributed by atoms with E-state index >= 15 is 0 Å². The Bertz CT molecular complexity index is 1220. The summed E-state index contributed by atoms with van der Waals surface area (Å²) in [5.41, 5.74) is 0.920. The Morgan fingerprint density at radius 2 is 1.81 bits per heavy atom. The summed E-state index contributed by atoms with van der Waals surface area (Å²) in [6.07, 6.45) is 0. The van der Waals surface area contributed by atoms with Crippen molar-refractivity contribution in [1.29, 1.82) is 0 Å². The Hall–Kier alpha value is -2.62. The molecule has 162 valence electrons. The molecule has 1 amide bonds. The van der Waals surface area contributed by atoms with Gasteiger partial charge >= 0.3 is 0 Å². The molecule has 3 rings (SSSR count). The molecule has 0 bridgehead atoms. The highest BCUT2D eigenvalue weighted by atomic mass is 79.9. The van der Waals surface area contributed by atoms with Crippen molar-refractivity contribution in [3.63, 3.8) is 0 Å². The molecule has 0 heterocycles. The number of carbonyl (C=O) groups excluding carboxylic acids is 1. The maximum atomic E-state index is 13.8. The minimum atomic E-state index is -3.82. The van der Waals surface area contributed by atoms with Crippen LogP contribution < -0.4 is 14.8 Å². The quantitative estimate of drug-likeness (QED) is 0.433. The van der Waals surface area contributed by atoms with Crippen molar-refractivity contribution in [2.45, 2.75) is 11.8 Å². The van der Waals surface area contributed by atoms with Crippen LogP contribution in [0.5, 0.6) is 5.75 Å². The lowest BCUT2D eigenvalue weighted by atomic mass is 10.2. The lowest BCUT2D eigenvalue weighted by molar-refractivity contribution is -0.118. The normalized spacial score (nSPS) is 11.1. The molecule has 2 N–H and O–H groups in total. The number of carbonyl (C=O) groups is 1. The number of anilines is 2. The third-order valence-corrected chi connectivity index (χ3v) is 6.24. The van der Waals surface area contributed by atoms with Crippen molar-refractivity contribution < 1.29 is 22.3 Å². The smallest absolute Gasteiger partial charge is 0.262 e. The van der Waals surface area contributed by atoms with E-state index in [0.29, 0.717) is 26.5 Å². The van der Waals surface area contributed by atoms with Gasteiger partial charge in [0.05, 0.1) is 10.6 Å². The fourth-order valence-electron chi connectivity index (χ4n) is 2.60. The topological polar surface area (TPSA) is 84.5 Å². The summed E-state index contributed by atoms with van der Waals surface area (Å²) < 4.78 is 47.5. The zero-order valence-electron chi connectivity index (χ0n) is 16.2. The zero-order valence-corrected chi connectivity index (χ0v) is 19.3. The van der Waals surface area contributed by atoms with Crippen LogP contribution in [0.1, 0.15) is 5.56 Å². The van der Waals surface area contributed by atoms with Crippen LogP contribution in [0.2, 0.25) is 5.02 Å². The first-order chi connectivity index (χ1) is 14.6. The second-order valence-corrected chi connectivity index (χ2v) is 9.54. The Kier molecular flexibility index (Phi) is 7.19. The third-order valence-electron chi connectivity index (χ3n) is 4.12. The number of halogens is 3. The van der Waals surface area contributed by atoms with Gasteiger partial charge in [-0.25, -0.2) is 12.8 Å². The van der Waals surface area contributed by atoms with E-state index < -0.39 is 21.7 Å². The van der Waals surface area contributed by atoms with E-state index in [1.54, 1.807) is 37.3 Å². The molecule has 6 nitrogen and oxygen atoms in total.